The molecule has 2 bridgehead atoms. The maximum absolute atomic E-state index is 12.5. The Hall–Kier alpha value is -2.53. The predicted molar refractivity (Wildman–Crippen MR) is 110 cm³/mol. The Bertz CT molecular complexity index is 916. The monoisotopic (exact) mass is 434 g/mol. The number of nitrogens with one attached hydrogen (secondary N) is 1. The van der Waals surface area contributed by atoms with Gasteiger partial charge in [0.15, 0.2) is 0 Å². The Morgan fingerprint density at radius 2 is 2.30 bits per heavy atom. The molecule has 0 aliphatic carbocycles. The quantitative estimate of drug-likeness (QED) is 0.673. The number of aromatic nitrogens is 4. The fraction of sp³-hybridized carbons (Fsp3) is 0.632. The lowest BCUT2D eigenvalue weighted by Crippen LogP contribution is -2.42. The van der Waals surface area contributed by atoms with Crippen LogP contribution in [0.5, 0.6) is 0 Å². The molecule has 1 amide bonds. The first-order valence-corrected chi connectivity index (χ1v) is 10.9. The van der Waals surface area contributed by atoms with Crippen molar-refractivity contribution in [2.45, 2.75) is 44.9 Å². The average molecular weight is 435 g/mol. The third-order valence-electron chi connectivity index (χ3n) is 6.27. The number of carbonyl (C=O) groups excluding carboxylic acids is 1. The topological polar surface area (TPSA) is 122 Å². The third kappa shape index (κ3) is 3.67. The van der Waals surface area contributed by atoms with Gasteiger partial charge in [-0.05, 0) is 32.8 Å². The minimum Gasteiger partial charge on any atom is -0.483 e. The maximum Gasteiger partial charge on any atom is 0.290 e. The summed E-state index contributed by atoms with van der Waals surface area (Å²) in [6.45, 7) is 6.95. The number of rotatable bonds is 5. The first-order valence-electron chi connectivity index (χ1n) is 10.1. The number of nitrogens with zero attached hydrogens (tertiary/aromatic N) is 5. The van der Waals surface area contributed by atoms with E-state index in [0.717, 1.165) is 42.6 Å². The molecule has 0 aromatic carbocycles. The standard InChI is InChI=1S/C18H24N6O2S.CH2O2/c1-3-24-7-5-14(22-24)16(25)19-8-12-13-9-23(17-21-20-11(2)27-17)10-18(13)6-4-15(12)26-18;2-1-3/h5,7,12-13,15H,3-4,6,8-10H2,1-2H3,(H,19,25);1H,(H,2,3)/t12-,13+,15+,18+;/m0./s1. The van der Waals surface area contributed by atoms with E-state index < -0.39 is 0 Å². The molecule has 11 heteroatoms. The van der Waals surface area contributed by atoms with Crippen molar-refractivity contribution in [3.05, 3.63) is 23.0 Å². The van der Waals surface area contributed by atoms with E-state index in [2.05, 4.69) is 25.5 Å². The van der Waals surface area contributed by atoms with Gasteiger partial charge in [0, 0.05) is 44.2 Å². The second-order valence-electron chi connectivity index (χ2n) is 7.89. The number of fused-ring (bicyclic) bond motifs is 1. The van der Waals surface area contributed by atoms with Gasteiger partial charge in [0.05, 0.1) is 11.7 Å². The number of ether oxygens (including phenoxy) is 1. The van der Waals surface area contributed by atoms with E-state index in [9.17, 15) is 4.79 Å². The van der Waals surface area contributed by atoms with Crippen LogP contribution in [-0.4, -0.2) is 68.8 Å². The van der Waals surface area contributed by atoms with Gasteiger partial charge in [-0.15, -0.1) is 10.2 Å². The summed E-state index contributed by atoms with van der Waals surface area (Å²) in [4.78, 5) is 23.1. The van der Waals surface area contributed by atoms with Crippen LogP contribution in [0.3, 0.4) is 0 Å². The molecule has 4 atom stereocenters. The summed E-state index contributed by atoms with van der Waals surface area (Å²) in [6, 6.07) is 1.77. The zero-order valence-corrected chi connectivity index (χ0v) is 17.8. The molecule has 5 rings (SSSR count). The van der Waals surface area contributed by atoms with E-state index in [0.29, 0.717) is 24.1 Å². The molecule has 3 aliphatic heterocycles. The van der Waals surface area contributed by atoms with Gasteiger partial charge in [-0.1, -0.05) is 11.3 Å². The first-order chi connectivity index (χ1) is 14.5. The van der Waals surface area contributed by atoms with Gasteiger partial charge in [0.25, 0.3) is 12.4 Å². The number of hydrogen-bond donors (Lipinski definition) is 2. The molecule has 2 N–H and O–H groups in total. The number of aryl methyl sites for hydroxylation is 2. The highest BCUT2D eigenvalue weighted by Crippen LogP contribution is 2.55. The molecule has 3 saturated heterocycles. The normalized spacial score (nSPS) is 28.7. The molecule has 0 saturated carbocycles. The van der Waals surface area contributed by atoms with Gasteiger partial charge in [0.1, 0.15) is 10.7 Å². The third-order valence-corrected chi connectivity index (χ3v) is 7.16. The summed E-state index contributed by atoms with van der Waals surface area (Å²) < 4.78 is 8.23. The molecular weight excluding hydrogens is 408 g/mol. The molecule has 3 fully saturated rings. The highest BCUT2D eigenvalue weighted by Gasteiger charge is 2.63. The Balaban J connectivity index is 0.000000687. The zero-order valence-electron chi connectivity index (χ0n) is 17.0. The molecule has 0 unspecified atom stereocenters. The number of hydrogen-bond acceptors (Lipinski definition) is 8. The smallest absolute Gasteiger partial charge is 0.290 e. The number of carboxylic acid groups (broad SMARTS) is 1. The van der Waals surface area contributed by atoms with Crippen molar-refractivity contribution in [1.29, 1.82) is 0 Å². The number of amides is 1. The Labute approximate surface area is 178 Å². The molecule has 30 heavy (non-hydrogen) atoms. The van der Waals surface area contributed by atoms with Crippen molar-refractivity contribution in [2.75, 3.05) is 24.5 Å². The van der Waals surface area contributed by atoms with Crippen LogP contribution in [0.15, 0.2) is 12.3 Å². The predicted octanol–water partition coefficient (Wildman–Crippen LogP) is 1.18. The van der Waals surface area contributed by atoms with E-state index in [1.165, 1.54) is 0 Å². The molecule has 5 heterocycles. The summed E-state index contributed by atoms with van der Waals surface area (Å²) in [7, 11) is 0. The highest BCUT2D eigenvalue weighted by atomic mass is 32.1. The minimum absolute atomic E-state index is 0.0799. The summed E-state index contributed by atoms with van der Waals surface area (Å²) in [6.07, 6.45) is 4.26. The zero-order chi connectivity index (χ0) is 21.3. The first kappa shape index (κ1) is 20.7. The van der Waals surface area contributed by atoms with Gasteiger partial charge >= 0.3 is 0 Å². The minimum atomic E-state index is -0.250. The maximum atomic E-state index is 12.5. The molecule has 1 spiro atoms. The van der Waals surface area contributed by atoms with Crippen LogP contribution in [-0.2, 0) is 16.1 Å². The van der Waals surface area contributed by atoms with Crippen LogP contribution in [0.4, 0.5) is 5.13 Å². The summed E-state index contributed by atoms with van der Waals surface area (Å²) >= 11 is 1.64. The van der Waals surface area contributed by atoms with Gasteiger partial charge in [0.2, 0.25) is 5.13 Å². The van der Waals surface area contributed by atoms with Gasteiger partial charge in [-0.25, -0.2) is 0 Å². The lowest BCUT2D eigenvalue weighted by atomic mass is 9.73. The van der Waals surface area contributed by atoms with Crippen LogP contribution < -0.4 is 10.2 Å². The largest absolute Gasteiger partial charge is 0.483 e. The lowest BCUT2D eigenvalue weighted by molar-refractivity contribution is -0.122. The van der Waals surface area contributed by atoms with Crippen molar-refractivity contribution in [3.63, 3.8) is 0 Å². The molecule has 2 aromatic rings. The van der Waals surface area contributed by atoms with Crippen LogP contribution in [0.25, 0.3) is 0 Å². The van der Waals surface area contributed by atoms with Gasteiger partial charge in [-0.3, -0.25) is 14.3 Å². The van der Waals surface area contributed by atoms with Crippen molar-refractivity contribution in [2.24, 2.45) is 11.8 Å². The van der Waals surface area contributed by atoms with Crippen LogP contribution in [0.1, 0.15) is 35.3 Å². The fourth-order valence-corrected chi connectivity index (χ4v) is 5.68. The molecule has 3 aliphatic rings. The summed E-state index contributed by atoms with van der Waals surface area (Å²) in [5, 5.41) is 24.7. The van der Waals surface area contributed by atoms with Crippen LogP contribution >= 0.6 is 11.3 Å². The Morgan fingerprint density at radius 3 is 2.97 bits per heavy atom. The van der Waals surface area contributed by atoms with Crippen molar-refractivity contribution < 1.29 is 19.4 Å². The molecule has 10 nitrogen and oxygen atoms in total. The fourth-order valence-electron chi connectivity index (χ4n) is 4.98. The molecular formula is C19H26N6O4S. The summed E-state index contributed by atoms with van der Waals surface area (Å²) in [5.74, 6) is 0.664. The molecule has 2 aromatic heterocycles. The Morgan fingerprint density at radius 1 is 1.50 bits per heavy atom. The van der Waals surface area contributed by atoms with Crippen molar-refractivity contribution in [1.82, 2.24) is 25.3 Å². The lowest BCUT2D eigenvalue weighted by Gasteiger charge is -2.29. The summed E-state index contributed by atoms with van der Waals surface area (Å²) in [5.41, 5.74) is 0.400. The van der Waals surface area contributed by atoms with E-state index in [1.807, 2.05) is 20.0 Å². The highest BCUT2D eigenvalue weighted by molar-refractivity contribution is 7.15. The van der Waals surface area contributed by atoms with Crippen LogP contribution in [0.2, 0.25) is 0 Å². The SMILES string of the molecule is CCn1ccc(C(=O)NC[C@H]2[C@H]3CN(c4nnc(C)s4)C[C@]34CC[C@H]2O4)n1.O=CO. The van der Waals surface area contributed by atoms with Crippen molar-refractivity contribution >= 4 is 28.8 Å². The van der Waals surface area contributed by atoms with E-state index in [1.54, 1.807) is 22.1 Å². The average Bonchev–Trinajstić information content (AvgIpc) is 3.51. The van der Waals surface area contributed by atoms with Gasteiger partial charge < -0.3 is 20.1 Å². The van der Waals surface area contributed by atoms with E-state index in [4.69, 9.17) is 14.6 Å². The molecule has 0 radical (unpaired) electrons. The Kier molecular flexibility index (Phi) is 5.74. The van der Waals surface area contributed by atoms with Gasteiger partial charge in [-0.2, -0.15) is 5.10 Å². The van der Waals surface area contributed by atoms with Crippen LogP contribution in [0, 0.1) is 18.8 Å². The number of anilines is 1. The number of carbonyl (C=O) groups is 2. The van der Waals surface area contributed by atoms with E-state index >= 15 is 0 Å². The second-order valence-corrected chi connectivity index (χ2v) is 9.05. The second kappa shape index (κ2) is 8.31. The molecule has 162 valence electrons. The van der Waals surface area contributed by atoms with Crippen molar-refractivity contribution in [3.8, 4) is 0 Å². The van der Waals surface area contributed by atoms with E-state index in [-0.39, 0.29) is 24.1 Å².